The predicted molar refractivity (Wildman–Crippen MR) is 72.2 cm³/mol. The number of nitrogens with two attached hydrogens (primary N) is 1. The SMILES string of the molecule is CC(C)(CCSc1n[nH]c(=O)n1C1CC1)C(=N)N. The summed E-state index contributed by atoms with van der Waals surface area (Å²) in [5.41, 5.74) is 5.12. The van der Waals surface area contributed by atoms with Crippen LogP contribution in [0.15, 0.2) is 9.95 Å². The Hall–Kier alpha value is -1.24. The summed E-state index contributed by atoms with van der Waals surface area (Å²) in [6.07, 6.45) is 2.91. The van der Waals surface area contributed by atoms with Gasteiger partial charge in [0.1, 0.15) is 0 Å². The number of nitrogens with zero attached hydrogens (tertiary/aromatic N) is 2. The maximum atomic E-state index is 11.6. The zero-order chi connectivity index (χ0) is 13.3. The van der Waals surface area contributed by atoms with E-state index in [0.29, 0.717) is 6.04 Å². The molecule has 1 saturated carbocycles. The first-order chi connectivity index (χ1) is 8.42. The highest BCUT2D eigenvalue weighted by atomic mass is 32.2. The highest BCUT2D eigenvalue weighted by molar-refractivity contribution is 7.99. The van der Waals surface area contributed by atoms with E-state index in [9.17, 15) is 4.79 Å². The van der Waals surface area contributed by atoms with Crippen LogP contribution in [0.5, 0.6) is 0 Å². The van der Waals surface area contributed by atoms with Crippen molar-refractivity contribution >= 4 is 17.6 Å². The Kier molecular flexibility index (Phi) is 3.52. The molecular formula is C11H19N5OS. The second-order valence-corrected chi connectivity index (χ2v) is 6.37. The van der Waals surface area contributed by atoms with Gasteiger partial charge in [-0.05, 0) is 19.3 Å². The van der Waals surface area contributed by atoms with Crippen molar-refractivity contribution in [3.63, 3.8) is 0 Å². The Morgan fingerprint density at radius 1 is 1.67 bits per heavy atom. The van der Waals surface area contributed by atoms with Crippen LogP contribution in [0, 0.1) is 10.8 Å². The standard InChI is InChI=1S/C11H19N5OS/c1-11(2,8(12)13)5-6-18-10-15-14-9(17)16(10)7-3-4-7/h7H,3-6H2,1-2H3,(H3,12,13)(H,14,17). The van der Waals surface area contributed by atoms with E-state index in [-0.39, 0.29) is 16.9 Å². The summed E-state index contributed by atoms with van der Waals surface area (Å²) in [5, 5.41) is 14.8. The van der Waals surface area contributed by atoms with E-state index in [1.165, 1.54) is 0 Å². The van der Waals surface area contributed by atoms with Crippen LogP contribution >= 0.6 is 11.8 Å². The van der Waals surface area contributed by atoms with Crippen molar-refractivity contribution in [2.45, 2.75) is 44.3 Å². The van der Waals surface area contributed by atoms with Crippen LogP contribution in [0.3, 0.4) is 0 Å². The van der Waals surface area contributed by atoms with Gasteiger partial charge in [0.05, 0.1) is 5.84 Å². The monoisotopic (exact) mass is 269 g/mol. The molecule has 1 fully saturated rings. The van der Waals surface area contributed by atoms with Gasteiger partial charge in [0.2, 0.25) is 0 Å². The third-order valence-electron chi connectivity index (χ3n) is 3.27. The molecule has 0 bridgehead atoms. The first kappa shape index (κ1) is 13.2. The first-order valence-electron chi connectivity index (χ1n) is 6.06. The highest BCUT2D eigenvalue weighted by Crippen LogP contribution is 2.36. The van der Waals surface area contributed by atoms with Gasteiger partial charge in [0.15, 0.2) is 5.16 Å². The highest BCUT2D eigenvalue weighted by Gasteiger charge is 2.29. The maximum absolute atomic E-state index is 11.6. The van der Waals surface area contributed by atoms with Crippen molar-refractivity contribution in [2.24, 2.45) is 11.1 Å². The fourth-order valence-corrected chi connectivity index (χ4v) is 2.86. The molecule has 4 N–H and O–H groups in total. The number of aromatic nitrogens is 3. The molecule has 0 aromatic carbocycles. The lowest BCUT2D eigenvalue weighted by Crippen LogP contribution is -2.31. The summed E-state index contributed by atoms with van der Waals surface area (Å²) in [6.45, 7) is 3.91. The lowest BCUT2D eigenvalue weighted by atomic mass is 9.89. The van der Waals surface area contributed by atoms with Crippen LogP contribution in [0.1, 0.15) is 39.2 Å². The molecular weight excluding hydrogens is 250 g/mol. The summed E-state index contributed by atoms with van der Waals surface area (Å²) >= 11 is 1.55. The van der Waals surface area contributed by atoms with Crippen LogP contribution < -0.4 is 11.4 Å². The number of amidine groups is 1. The van der Waals surface area contributed by atoms with Gasteiger partial charge in [-0.3, -0.25) is 9.98 Å². The molecule has 6 nitrogen and oxygen atoms in total. The molecule has 1 aliphatic rings. The van der Waals surface area contributed by atoms with Crippen LogP contribution in [0.2, 0.25) is 0 Å². The zero-order valence-corrected chi connectivity index (χ0v) is 11.5. The van der Waals surface area contributed by atoms with E-state index in [1.807, 2.05) is 13.8 Å². The van der Waals surface area contributed by atoms with Crippen LogP contribution in [-0.2, 0) is 0 Å². The lowest BCUT2D eigenvalue weighted by Gasteiger charge is -2.22. The molecule has 7 heteroatoms. The zero-order valence-electron chi connectivity index (χ0n) is 10.7. The Balaban J connectivity index is 1.95. The van der Waals surface area contributed by atoms with Crippen molar-refractivity contribution in [1.29, 1.82) is 5.41 Å². The molecule has 0 unspecified atom stereocenters. The molecule has 1 aliphatic carbocycles. The number of nitrogens with one attached hydrogen (secondary N) is 2. The second kappa shape index (κ2) is 4.79. The minimum atomic E-state index is -0.298. The molecule has 1 heterocycles. The quantitative estimate of drug-likeness (QED) is 0.412. The molecule has 100 valence electrons. The molecule has 0 spiro atoms. The summed E-state index contributed by atoms with van der Waals surface area (Å²) in [4.78, 5) is 11.6. The molecule has 1 aromatic rings. The summed E-state index contributed by atoms with van der Waals surface area (Å²) < 4.78 is 1.74. The second-order valence-electron chi connectivity index (χ2n) is 5.31. The van der Waals surface area contributed by atoms with Gasteiger partial charge in [-0.2, -0.15) is 0 Å². The molecule has 2 rings (SSSR count). The summed E-state index contributed by atoms with van der Waals surface area (Å²) in [5.74, 6) is 0.994. The molecule has 0 aliphatic heterocycles. The molecule has 0 radical (unpaired) electrons. The molecule has 18 heavy (non-hydrogen) atoms. The van der Waals surface area contributed by atoms with E-state index in [4.69, 9.17) is 11.1 Å². The van der Waals surface area contributed by atoms with E-state index in [1.54, 1.807) is 16.3 Å². The Morgan fingerprint density at radius 2 is 2.33 bits per heavy atom. The normalized spacial score (nSPS) is 15.9. The third-order valence-corrected chi connectivity index (χ3v) is 4.23. The Morgan fingerprint density at radius 3 is 2.89 bits per heavy atom. The Bertz CT molecular complexity index is 500. The van der Waals surface area contributed by atoms with Crippen molar-refractivity contribution in [2.75, 3.05) is 5.75 Å². The van der Waals surface area contributed by atoms with Crippen LogP contribution in [-0.4, -0.2) is 26.4 Å². The lowest BCUT2D eigenvalue weighted by molar-refractivity contribution is 0.499. The number of thioether (sulfide) groups is 1. The number of hydrogen-bond donors (Lipinski definition) is 3. The number of hydrogen-bond acceptors (Lipinski definition) is 4. The van der Waals surface area contributed by atoms with Gasteiger partial charge in [-0.25, -0.2) is 9.89 Å². The fraction of sp³-hybridized carbons (Fsp3) is 0.727. The van der Waals surface area contributed by atoms with Crippen molar-refractivity contribution in [3.8, 4) is 0 Å². The summed E-state index contributed by atoms with van der Waals surface area (Å²) in [6, 6.07) is 0.333. The van der Waals surface area contributed by atoms with Gasteiger partial charge in [0, 0.05) is 17.2 Å². The van der Waals surface area contributed by atoms with Gasteiger partial charge in [-0.1, -0.05) is 25.6 Å². The average Bonchev–Trinajstić information content (AvgIpc) is 3.04. The molecule has 0 saturated heterocycles. The molecule has 0 atom stereocenters. The maximum Gasteiger partial charge on any atom is 0.344 e. The third kappa shape index (κ3) is 2.77. The van der Waals surface area contributed by atoms with Gasteiger partial charge < -0.3 is 5.73 Å². The number of aromatic amines is 1. The van der Waals surface area contributed by atoms with E-state index in [2.05, 4.69) is 10.2 Å². The number of H-pyrrole nitrogens is 1. The van der Waals surface area contributed by atoms with Crippen LogP contribution in [0.4, 0.5) is 0 Å². The minimum Gasteiger partial charge on any atom is -0.387 e. The average molecular weight is 269 g/mol. The Labute approximate surface area is 110 Å². The van der Waals surface area contributed by atoms with E-state index >= 15 is 0 Å². The first-order valence-corrected chi connectivity index (χ1v) is 7.04. The largest absolute Gasteiger partial charge is 0.387 e. The van der Waals surface area contributed by atoms with Crippen molar-refractivity contribution < 1.29 is 0 Å². The number of rotatable bonds is 6. The van der Waals surface area contributed by atoms with E-state index in [0.717, 1.165) is 30.2 Å². The van der Waals surface area contributed by atoms with Crippen molar-refractivity contribution in [3.05, 3.63) is 10.5 Å². The van der Waals surface area contributed by atoms with Gasteiger partial charge in [-0.15, -0.1) is 5.10 Å². The summed E-state index contributed by atoms with van der Waals surface area (Å²) in [7, 11) is 0. The minimum absolute atomic E-state index is 0.120. The predicted octanol–water partition coefficient (Wildman–Crippen LogP) is 1.35. The van der Waals surface area contributed by atoms with Crippen molar-refractivity contribution in [1.82, 2.24) is 14.8 Å². The van der Waals surface area contributed by atoms with Gasteiger partial charge in [0.25, 0.3) is 0 Å². The smallest absolute Gasteiger partial charge is 0.344 e. The topological polar surface area (TPSA) is 101 Å². The molecule has 0 amide bonds. The van der Waals surface area contributed by atoms with Crippen LogP contribution in [0.25, 0.3) is 0 Å². The van der Waals surface area contributed by atoms with E-state index < -0.39 is 0 Å². The fourth-order valence-electron chi connectivity index (χ4n) is 1.58. The van der Waals surface area contributed by atoms with Gasteiger partial charge >= 0.3 is 5.69 Å². The molecule has 1 aromatic heterocycles.